The topological polar surface area (TPSA) is 33.1 Å². The van der Waals surface area contributed by atoms with Crippen LogP contribution in [0.3, 0.4) is 0 Å². The fourth-order valence-corrected chi connectivity index (χ4v) is 4.14. The van der Waals surface area contributed by atoms with Crippen LogP contribution in [-0.4, -0.2) is 14.7 Å². The molecule has 4 rings (SSSR count). The summed E-state index contributed by atoms with van der Waals surface area (Å²) in [4.78, 5) is 6.84. The number of aromatic nitrogens is 2. The van der Waals surface area contributed by atoms with Crippen molar-refractivity contribution in [2.45, 2.75) is 45.3 Å². The zero-order valence-electron chi connectivity index (χ0n) is 16.5. The maximum absolute atomic E-state index is 5.78. The molecule has 2 unspecified atom stereocenters. The largest absolute Gasteiger partial charge is 0.351 e. The van der Waals surface area contributed by atoms with E-state index in [1.807, 2.05) is 18.3 Å². The lowest BCUT2D eigenvalue weighted by atomic mass is 9.98. The van der Waals surface area contributed by atoms with Crippen LogP contribution in [0.5, 0.6) is 0 Å². The molecular weight excluding hydrogens is 364 g/mol. The van der Waals surface area contributed by atoms with E-state index in [-0.39, 0.29) is 12.1 Å². The van der Waals surface area contributed by atoms with Gasteiger partial charge in [0, 0.05) is 30.3 Å². The Bertz CT molecular complexity index is 946. The molecule has 5 heteroatoms. The van der Waals surface area contributed by atoms with Crippen molar-refractivity contribution in [3.05, 3.63) is 83.9 Å². The number of nitrogens with zero attached hydrogens (tertiary/aromatic N) is 3. The van der Waals surface area contributed by atoms with E-state index in [2.05, 4.69) is 89.3 Å². The summed E-state index contributed by atoms with van der Waals surface area (Å²) in [5, 5.41) is 4.26. The molecule has 144 valence electrons. The Morgan fingerprint density at radius 3 is 2.50 bits per heavy atom. The monoisotopic (exact) mass is 390 g/mol. The molecule has 0 saturated carbocycles. The number of nitrogens with one attached hydrogen (secondary N) is 1. The SMILES string of the molecule is CCc1ccc(N2C(=S)NC(c3ccccn3)C2c2ccn(C(C)C)c2)cc1. The molecule has 2 aromatic heterocycles. The standard InChI is InChI=1S/C23H26N4S/c1-4-17-8-10-19(11-9-17)27-22(18-12-14-26(15-18)16(2)3)21(25-23(27)28)20-7-5-6-13-24-20/h5-16,21-22H,4H2,1-3H3,(H,25,28). The third-order valence-corrected chi connectivity index (χ3v) is 5.71. The third-order valence-electron chi connectivity index (χ3n) is 5.40. The van der Waals surface area contributed by atoms with Crippen molar-refractivity contribution in [3.8, 4) is 0 Å². The van der Waals surface area contributed by atoms with E-state index >= 15 is 0 Å². The number of anilines is 1. The van der Waals surface area contributed by atoms with Gasteiger partial charge in [0.2, 0.25) is 0 Å². The Kier molecular flexibility index (Phi) is 5.18. The maximum atomic E-state index is 5.78. The van der Waals surface area contributed by atoms with Crippen molar-refractivity contribution < 1.29 is 0 Å². The Morgan fingerprint density at radius 2 is 1.89 bits per heavy atom. The van der Waals surface area contributed by atoms with E-state index in [1.54, 1.807) is 0 Å². The van der Waals surface area contributed by atoms with Crippen molar-refractivity contribution in [1.29, 1.82) is 0 Å². The summed E-state index contributed by atoms with van der Waals surface area (Å²) in [6.07, 6.45) is 7.25. The summed E-state index contributed by atoms with van der Waals surface area (Å²) in [6, 6.07) is 17.4. The number of rotatable bonds is 5. The van der Waals surface area contributed by atoms with Gasteiger partial charge in [0.15, 0.2) is 5.11 Å². The smallest absolute Gasteiger partial charge is 0.174 e. The lowest BCUT2D eigenvalue weighted by molar-refractivity contribution is 0.560. The van der Waals surface area contributed by atoms with Crippen LogP contribution in [0.4, 0.5) is 5.69 Å². The van der Waals surface area contributed by atoms with E-state index in [4.69, 9.17) is 12.2 Å². The average Bonchev–Trinajstić information content (AvgIpc) is 3.33. The van der Waals surface area contributed by atoms with Crippen LogP contribution in [0, 0.1) is 0 Å². The first-order valence-corrected chi connectivity index (χ1v) is 10.3. The predicted octanol–water partition coefficient (Wildman–Crippen LogP) is 5.20. The lowest BCUT2D eigenvalue weighted by Gasteiger charge is -2.27. The minimum Gasteiger partial charge on any atom is -0.351 e. The van der Waals surface area contributed by atoms with Gasteiger partial charge in [-0.25, -0.2) is 0 Å². The Hall–Kier alpha value is -2.66. The summed E-state index contributed by atoms with van der Waals surface area (Å²) in [6.45, 7) is 6.56. The lowest BCUT2D eigenvalue weighted by Crippen LogP contribution is -2.29. The highest BCUT2D eigenvalue weighted by Gasteiger charge is 2.41. The number of thiocarbonyl (C=S) groups is 1. The fraction of sp³-hybridized carbons (Fsp3) is 0.304. The average molecular weight is 391 g/mol. The van der Waals surface area contributed by atoms with Crippen LogP contribution in [-0.2, 0) is 6.42 Å². The number of hydrogen-bond donors (Lipinski definition) is 1. The zero-order chi connectivity index (χ0) is 19.7. The molecular formula is C23H26N4S. The molecule has 0 aliphatic carbocycles. The highest BCUT2D eigenvalue weighted by Crippen LogP contribution is 2.41. The molecule has 1 aliphatic rings. The highest BCUT2D eigenvalue weighted by molar-refractivity contribution is 7.80. The molecule has 0 radical (unpaired) electrons. The van der Waals surface area contributed by atoms with Gasteiger partial charge in [-0.1, -0.05) is 25.1 Å². The van der Waals surface area contributed by atoms with Crippen LogP contribution in [0.2, 0.25) is 0 Å². The van der Waals surface area contributed by atoms with Crippen molar-refractivity contribution in [2.75, 3.05) is 4.90 Å². The minimum absolute atomic E-state index is 0.00237. The van der Waals surface area contributed by atoms with Crippen LogP contribution < -0.4 is 10.2 Å². The van der Waals surface area contributed by atoms with Gasteiger partial charge in [0.05, 0.1) is 17.8 Å². The second kappa shape index (κ2) is 7.76. The summed E-state index contributed by atoms with van der Waals surface area (Å²) < 4.78 is 2.24. The molecule has 1 aromatic carbocycles. The van der Waals surface area contributed by atoms with Crippen LogP contribution in [0.25, 0.3) is 0 Å². The summed E-state index contributed by atoms with van der Waals surface area (Å²) in [7, 11) is 0. The van der Waals surface area contributed by atoms with Gasteiger partial charge in [-0.3, -0.25) is 4.98 Å². The zero-order valence-corrected chi connectivity index (χ0v) is 17.4. The first-order chi connectivity index (χ1) is 13.6. The maximum Gasteiger partial charge on any atom is 0.174 e. The Labute approximate surface area is 172 Å². The summed E-state index contributed by atoms with van der Waals surface area (Å²) in [5.41, 5.74) is 4.66. The second-order valence-electron chi connectivity index (χ2n) is 7.50. The molecule has 1 aliphatic heterocycles. The molecule has 3 heterocycles. The summed E-state index contributed by atoms with van der Waals surface area (Å²) >= 11 is 5.78. The van der Waals surface area contributed by atoms with Crippen LogP contribution in [0.15, 0.2) is 67.1 Å². The minimum atomic E-state index is 0.00237. The number of benzene rings is 1. The van der Waals surface area contributed by atoms with Crippen molar-refractivity contribution in [3.63, 3.8) is 0 Å². The number of hydrogen-bond acceptors (Lipinski definition) is 2. The predicted molar refractivity (Wildman–Crippen MR) is 119 cm³/mol. The molecule has 4 nitrogen and oxygen atoms in total. The summed E-state index contributed by atoms with van der Waals surface area (Å²) in [5.74, 6) is 0. The van der Waals surface area contributed by atoms with Crippen LogP contribution >= 0.6 is 12.2 Å². The Balaban J connectivity index is 1.79. The van der Waals surface area contributed by atoms with E-state index in [1.165, 1.54) is 11.1 Å². The highest BCUT2D eigenvalue weighted by atomic mass is 32.1. The molecule has 28 heavy (non-hydrogen) atoms. The van der Waals surface area contributed by atoms with Gasteiger partial charge >= 0.3 is 0 Å². The van der Waals surface area contributed by atoms with Crippen molar-refractivity contribution in [2.24, 2.45) is 0 Å². The van der Waals surface area contributed by atoms with Gasteiger partial charge in [-0.2, -0.15) is 0 Å². The van der Waals surface area contributed by atoms with Crippen LogP contribution in [0.1, 0.15) is 55.7 Å². The van der Waals surface area contributed by atoms with Gasteiger partial charge in [0.25, 0.3) is 0 Å². The third kappa shape index (κ3) is 3.42. The van der Waals surface area contributed by atoms with Crippen molar-refractivity contribution in [1.82, 2.24) is 14.9 Å². The van der Waals surface area contributed by atoms with E-state index in [0.29, 0.717) is 6.04 Å². The molecule has 0 bridgehead atoms. The molecule has 1 N–H and O–H groups in total. The molecule has 0 amide bonds. The molecule has 3 aromatic rings. The van der Waals surface area contributed by atoms with Gasteiger partial charge < -0.3 is 14.8 Å². The number of aryl methyl sites for hydroxylation is 1. The first kappa shape index (κ1) is 18.7. The van der Waals surface area contributed by atoms with Crippen molar-refractivity contribution >= 4 is 23.0 Å². The molecule has 2 atom stereocenters. The van der Waals surface area contributed by atoms with E-state index in [0.717, 1.165) is 22.9 Å². The normalized spacial score (nSPS) is 19.3. The number of pyridine rings is 1. The van der Waals surface area contributed by atoms with Gasteiger partial charge in [0.1, 0.15) is 0 Å². The van der Waals surface area contributed by atoms with E-state index in [9.17, 15) is 0 Å². The van der Waals surface area contributed by atoms with Gasteiger partial charge in [-0.15, -0.1) is 0 Å². The Morgan fingerprint density at radius 1 is 1.11 bits per heavy atom. The molecule has 0 spiro atoms. The first-order valence-electron chi connectivity index (χ1n) is 9.85. The van der Waals surface area contributed by atoms with Gasteiger partial charge in [-0.05, 0) is 73.9 Å². The second-order valence-corrected chi connectivity index (χ2v) is 7.89. The fourth-order valence-electron chi connectivity index (χ4n) is 3.79. The quantitative estimate of drug-likeness (QED) is 0.607. The molecule has 1 fully saturated rings. The molecule has 1 saturated heterocycles. The van der Waals surface area contributed by atoms with E-state index < -0.39 is 0 Å².